The highest BCUT2D eigenvalue weighted by atomic mass is 32.2. The van der Waals surface area contributed by atoms with Gasteiger partial charge in [0.05, 0.1) is 5.56 Å². The number of rotatable bonds is 10. The summed E-state index contributed by atoms with van der Waals surface area (Å²) in [5.41, 5.74) is 7.17. The van der Waals surface area contributed by atoms with Crippen LogP contribution in [0, 0.1) is 5.92 Å². The van der Waals surface area contributed by atoms with Gasteiger partial charge in [-0.25, -0.2) is 4.79 Å². The van der Waals surface area contributed by atoms with Crippen LogP contribution in [0.5, 0.6) is 0 Å². The van der Waals surface area contributed by atoms with Crippen molar-refractivity contribution in [1.82, 2.24) is 6.15 Å². The predicted octanol–water partition coefficient (Wildman–Crippen LogP) is 2.93. The topological polar surface area (TPSA) is 104 Å². The van der Waals surface area contributed by atoms with Crippen LogP contribution in [0.4, 0.5) is 0 Å². The Morgan fingerprint density at radius 3 is 2.57 bits per heavy atom. The molecule has 2 atom stereocenters. The van der Waals surface area contributed by atoms with Crippen molar-refractivity contribution in [2.24, 2.45) is 11.7 Å². The molecule has 0 saturated carbocycles. The number of hydrogen-bond donors (Lipinski definition) is 2. The Hall–Kier alpha value is -1.63. The van der Waals surface area contributed by atoms with Crippen molar-refractivity contribution in [2.45, 2.75) is 19.4 Å². The maximum atomic E-state index is 11.8. The zero-order valence-corrected chi connectivity index (χ0v) is 14.4. The minimum Gasteiger partial charge on any atom is -0.461 e. The number of carbonyl (C=O) groups is 2. The first-order chi connectivity index (χ1) is 10.6. The summed E-state index contributed by atoms with van der Waals surface area (Å²) in [4.78, 5) is 22.7. The molecule has 0 fully saturated rings. The molecule has 0 aliphatic rings. The van der Waals surface area contributed by atoms with E-state index < -0.39 is 0 Å². The molecule has 0 aromatic heterocycles. The summed E-state index contributed by atoms with van der Waals surface area (Å²) < 4.78 is 5.20. The molecule has 23 heavy (non-hydrogen) atoms. The van der Waals surface area contributed by atoms with E-state index in [-0.39, 0.29) is 24.1 Å². The summed E-state index contributed by atoms with van der Waals surface area (Å²) in [5, 5.41) is 0. The normalized spacial score (nSPS) is 12.6. The van der Waals surface area contributed by atoms with Gasteiger partial charge in [0, 0.05) is 23.5 Å². The van der Waals surface area contributed by atoms with E-state index in [9.17, 15) is 9.59 Å². The molecular formula is C17H26N2O3S. The van der Waals surface area contributed by atoms with Gasteiger partial charge in [-0.05, 0) is 31.0 Å². The van der Waals surface area contributed by atoms with Crippen molar-refractivity contribution in [3.63, 3.8) is 0 Å². The summed E-state index contributed by atoms with van der Waals surface area (Å²) >= 11 is 1.59. The van der Waals surface area contributed by atoms with E-state index in [1.54, 1.807) is 30.0 Å². The standard InChI is InChI=1S/C17H23NO3S.H3N/c1-3-14-4-6-16(7-5-14)17(20)21-8-9-22-12-15(11-19)10-13(2)18;/h3-7,11,13,15H,1,8-10,12,18H2,2H3;1H3. The SMILES string of the molecule is C=Cc1ccc(C(=O)OCCSCC(C=O)CC(C)N)cc1.N. The van der Waals surface area contributed by atoms with Crippen LogP contribution >= 0.6 is 11.8 Å². The Balaban J connectivity index is 0.00000484. The van der Waals surface area contributed by atoms with Crippen LogP contribution in [0.2, 0.25) is 0 Å². The number of nitrogens with two attached hydrogens (primary N) is 1. The number of aldehydes is 1. The van der Waals surface area contributed by atoms with Gasteiger partial charge in [0.25, 0.3) is 0 Å². The lowest BCUT2D eigenvalue weighted by Crippen LogP contribution is -2.22. The number of ether oxygens (including phenoxy) is 1. The summed E-state index contributed by atoms with van der Waals surface area (Å²) in [6.45, 7) is 5.88. The van der Waals surface area contributed by atoms with Gasteiger partial charge in [-0.15, -0.1) is 0 Å². The maximum absolute atomic E-state index is 11.8. The largest absolute Gasteiger partial charge is 0.461 e. The van der Waals surface area contributed by atoms with E-state index in [0.717, 1.165) is 11.8 Å². The fraction of sp³-hybridized carbons (Fsp3) is 0.412. The quantitative estimate of drug-likeness (QED) is 0.386. The molecule has 2 unspecified atom stereocenters. The highest BCUT2D eigenvalue weighted by molar-refractivity contribution is 7.99. The third-order valence-electron chi connectivity index (χ3n) is 3.04. The second-order valence-corrected chi connectivity index (χ2v) is 6.30. The fourth-order valence-electron chi connectivity index (χ4n) is 1.91. The highest BCUT2D eigenvalue weighted by Gasteiger charge is 2.10. The lowest BCUT2D eigenvalue weighted by molar-refractivity contribution is -0.110. The first-order valence-electron chi connectivity index (χ1n) is 7.25. The molecule has 5 nitrogen and oxygen atoms in total. The minimum absolute atomic E-state index is 0. The van der Waals surface area contributed by atoms with Gasteiger partial charge < -0.3 is 21.4 Å². The number of hydrogen-bond acceptors (Lipinski definition) is 6. The van der Waals surface area contributed by atoms with E-state index in [0.29, 0.717) is 30.1 Å². The summed E-state index contributed by atoms with van der Waals surface area (Å²) in [5.74, 6) is 1.00. The lowest BCUT2D eigenvalue weighted by Gasteiger charge is -2.12. The van der Waals surface area contributed by atoms with Crippen LogP contribution in [-0.2, 0) is 9.53 Å². The van der Waals surface area contributed by atoms with Crippen molar-refractivity contribution in [2.75, 3.05) is 18.1 Å². The zero-order chi connectivity index (χ0) is 16.4. The van der Waals surface area contributed by atoms with Gasteiger partial charge in [0.1, 0.15) is 12.9 Å². The Morgan fingerprint density at radius 1 is 1.39 bits per heavy atom. The van der Waals surface area contributed by atoms with Crippen LogP contribution in [0.25, 0.3) is 6.08 Å². The van der Waals surface area contributed by atoms with Gasteiger partial charge in [-0.3, -0.25) is 0 Å². The molecule has 6 heteroatoms. The van der Waals surface area contributed by atoms with Crippen molar-refractivity contribution in [1.29, 1.82) is 0 Å². The molecule has 1 aromatic carbocycles. The molecular weight excluding hydrogens is 312 g/mol. The van der Waals surface area contributed by atoms with Crippen molar-refractivity contribution >= 4 is 30.1 Å². The van der Waals surface area contributed by atoms with E-state index in [4.69, 9.17) is 10.5 Å². The summed E-state index contributed by atoms with van der Waals surface area (Å²) in [7, 11) is 0. The van der Waals surface area contributed by atoms with Gasteiger partial charge in [-0.1, -0.05) is 24.8 Å². The third-order valence-corrected chi connectivity index (χ3v) is 4.16. The van der Waals surface area contributed by atoms with Crippen LogP contribution in [0.3, 0.4) is 0 Å². The van der Waals surface area contributed by atoms with Gasteiger partial charge >= 0.3 is 5.97 Å². The molecule has 0 bridgehead atoms. The molecule has 0 aliphatic heterocycles. The Morgan fingerprint density at radius 2 is 2.04 bits per heavy atom. The molecule has 5 N–H and O–H groups in total. The van der Waals surface area contributed by atoms with Crippen LogP contribution in [-0.4, -0.2) is 36.4 Å². The van der Waals surface area contributed by atoms with E-state index in [1.807, 2.05) is 19.1 Å². The fourth-order valence-corrected chi connectivity index (χ4v) is 2.79. The zero-order valence-electron chi connectivity index (χ0n) is 13.6. The van der Waals surface area contributed by atoms with Gasteiger partial charge in [-0.2, -0.15) is 11.8 Å². The van der Waals surface area contributed by atoms with E-state index >= 15 is 0 Å². The molecule has 0 aliphatic carbocycles. The second-order valence-electron chi connectivity index (χ2n) is 5.15. The number of benzene rings is 1. The molecule has 0 radical (unpaired) electrons. The van der Waals surface area contributed by atoms with Crippen molar-refractivity contribution in [3.8, 4) is 0 Å². The summed E-state index contributed by atoms with van der Waals surface area (Å²) in [6.07, 6.45) is 3.35. The Bertz CT molecular complexity index is 489. The molecule has 1 rings (SSSR count). The first-order valence-corrected chi connectivity index (χ1v) is 8.40. The monoisotopic (exact) mass is 338 g/mol. The number of thioether (sulfide) groups is 1. The first kappa shape index (κ1) is 21.4. The molecule has 0 amide bonds. The van der Waals surface area contributed by atoms with Gasteiger partial charge in [0.2, 0.25) is 0 Å². The molecule has 0 spiro atoms. The number of esters is 1. The minimum atomic E-state index is -0.335. The highest BCUT2D eigenvalue weighted by Crippen LogP contribution is 2.12. The van der Waals surface area contributed by atoms with E-state index in [1.165, 1.54) is 0 Å². The maximum Gasteiger partial charge on any atom is 0.338 e. The average Bonchev–Trinajstić information content (AvgIpc) is 2.52. The van der Waals surface area contributed by atoms with Crippen LogP contribution in [0.15, 0.2) is 30.8 Å². The number of carbonyl (C=O) groups excluding carboxylic acids is 2. The average molecular weight is 338 g/mol. The molecule has 1 aromatic rings. The molecule has 128 valence electrons. The second kappa shape index (κ2) is 11.9. The third kappa shape index (κ3) is 8.54. The smallest absolute Gasteiger partial charge is 0.338 e. The van der Waals surface area contributed by atoms with E-state index in [2.05, 4.69) is 6.58 Å². The summed E-state index contributed by atoms with van der Waals surface area (Å²) in [6, 6.07) is 7.10. The van der Waals surface area contributed by atoms with Gasteiger partial charge in [0.15, 0.2) is 0 Å². The van der Waals surface area contributed by atoms with Crippen LogP contribution < -0.4 is 11.9 Å². The predicted molar refractivity (Wildman–Crippen MR) is 97.0 cm³/mol. The molecule has 0 heterocycles. The van der Waals surface area contributed by atoms with Crippen molar-refractivity contribution in [3.05, 3.63) is 42.0 Å². The Kier molecular flexibility index (Phi) is 11.0. The Labute approximate surface area is 142 Å². The lowest BCUT2D eigenvalue weighted by atomic mass is 10.1. The van der Waals surface area contributed by atoms with Crippen LogP contribution in [0.1, 0.15) is 29.3 Å². The molecule has 0 saturated heterocycles. The van der Waals surface area contributed by atoms with Crippen molar-refractivity contribution < 1.29 is 14.3 Å².